The molecule has 2 amide bonds. The first-order valence-electron chi connectivity index (χ1n) is 11.4. The molecule has 1 aliphatic heterocycles. The van der Waals surface area contributed by atoms with Crippen molar-refractivity contribution in [2.75, 3.05) is 27.2 Å². The Kier molecular flexibility index (Phi) is 6.91. The molecule has 0 bridgehead atoms. The zero-order valence-corrected chi connectivity index (χ0v) is 21.5. The van der Waals surface area contributed by atoms with E-state index in [9.17, 15) is 9.59 Å². The second kappa shape index (κ2) is 8.93. The number of likely N-dealkylation sites (tertiary alicyclic amines) is 1. The van der Waals surface area contributed by atoms with E-state index < -0.39 is 11.0 Å². The Balaban J connectivity index is 1.92. The summed E-state index contributed by atoms with van der Waals surface area (Å²) in [4.78, 5) is 38.0. The highest BCUT2D eigenvalue weighted by molar-refractivity contribution is 6.44. The Labute approximate surface area is 203 Å². The van der Waals surface area contributed by atoms with Crippen LogP contribution >= 0.6 is 11.6 Å². The van der Waals surface area contributed by atoms with E-state index in [0.717, 1.165) is 30.5 Å². The molecule has 0 aromatic carbocycles. The van der Waals surface area contributed by atoms with Gasteiger partial charge in [0.15, 0.2) is 0 Å². The Morgan fingerprint density at radius 2 is 1.88 bits per heavy atom. The number of nitrogens with zero attached hydrogens (tertiary/aromatic N) is 4. The van der Waals surface area contributed by atoms with Gasteiger partial charge in [0.2, 0.25) is 0 Å². The summed E-state index contributed by atoms with van der Waals surface area (Å²) in [5, 5.41) is 0.391. The van der Waals surface area contributed by atoms with Crippen LogP contribution in [0.25, 0.3) is 0 Å². The second-order valence-corrected chi connectivity index (χ2v) is 11.4. The van der Waals surface area contributed by atoms with Crippen LogP contribution in [-0.4, -0.2) is 73.8 Å². The van der Waals surface area contributed by atoms with Crippen LogP contribution in [0.5, 0.6) is 0 Å². The maximum Gasteiger partial charge on any atom is 0.410 e. The van der Waals surface area contributed by atoms with E-state index in [1.807, 2.05) is 54.8 Å². The van der Waals surface area contributed by atoms with Crippen molar-refractivity contribution in [2.45, 2.75) is 70.8 Å². The van der Waals surface area contributed by atoms with E-state index in [4.69, 9.17) is 29.2 Å². The van der Waals surface area contributed by atoms with Gasteiger partial charge < -0.3 is 14.5 Å². The molecule has 1 saturated heterocycles. The van der Waals surface area contributed by atoms with Gasteiger partial charge in [-0.15, -0.1) is 0 Å². The van der Waals surface area contributed by atoms with Crippen molar-refractivity contribution in [3.8, 4) is 0 Å². The predicted octanol–water partition coefficient (Wildman–Crippen LogP) is 3.43. The van der Waals surface area contributed by atoms with Crippen molar-refractivity contribution in [1.29, 1.82) is 0 Å². The third kappa shape index (κ3) is 5.21. The largest absolute Gasteiger partial charge is 0.444 e. The monoisotopic (exact) mass is 472 g/mol. The van der Waals surface area contributed by atoms with Gasteiger partial charge in [0, 0.05) is 49.8 Å². The molecule has 7 nitrogen and oxygen atoms in total. The van der Waals surface area contributed by atoms with Crippen molar-refractivity contribution in [3.63, 3.8) is 0 Å². The Morgan fingerprint density at radius 1 is 1.27 bits per heavy atom. The lowest BCUT2D eigenvalue weighted by molar-refractivity contribution is -0.127. The Bertz CT molecular complexity index is 963. The minimum absolute atomic E-state index is 0.113. The average Bonchev–Trinajstić information content (AvgIpc) is 2.99. The first kappa shape index (κ1) is 25.5. The first-order chi connectivity index (χ1) is 15.2. The highest BCUT2D eigenvalue weighted by Crippen LogP contribution is 2.56. The number of hydrogen-bond acceptors (Lipinski definition) is 4. The predicted molar refractivity (Wildman–Crippen MR) is 132 cm³/mol. The zero-order valence-electron chi connectivity index (χ0n) is 20.7. The molecule has 1 atom stereocenters. The molecule has 0 N–H and O–H groups in total. The summed E-state index contributed by atoms with van der Waals surface area (Å²) in [6.45, 7) is 10.6. The van der Waals surface area contributed by atoms with Gasteiger partial charge in [-0.05, 0) is 51.7 Å². The number of pyridine rings is 1. The van der Waals surface area contributed by atoms with Gasteiger partial charge in [-0.3, -0.25) is 9.78 Å². The number of carbonyl (C=O) groups is 2. The third-order valence-electron chi connectivity index (χ3n) is 6.71. The summed E-state index contributed by atoms with van der Waals surface area (Å²) in [5.41, 5.74) is 0.573. The number of amides is 2. The molecule has 33 heavy (non-hydrogen) atoms. The normalized spacial score (nSPS) is 20.2. The molecule has 2 radical (unpaired) electrons. The summed E-state index contributed by atoms with van der Waals surface area (Å²) in [5.74, 6) is -0.304. The molecule has 1 aliphatic carbocycles. The van der Waals surface area contributed by atoms with Crippen LogP contribution in [-0.2, 0) is 14.9 Å². The Morgan fingerprint density at radius 3 is 2.42 bits per heavy atom. The summed E-state index contributed by atoms with van der Waals surface area (Å²) >= 11 is 6.37. The van der Waals surface area contributed by atoms with E-state index in [0.29, 0.717) is 23.7 Å². The van der Waals surface area contributed by atoms with E-state index in [1.54, 1.807) is 9.80 Å². The van der Waals surface area contributed by atoms with Crippen molar-refractivity contribution in [2.24, 2.45) is 10.4 Å². The van der Waals surface area contributed by atoms with Gasteiger partial charge in [-0.2, -0.15) is 0 Å². The summed E-state index contributed by atoms with van der Waals surface area (Å²) in [7, 11) is 9.76. The van der Waals surface area contributed by atoms with Gasteiger partial charge in [-0.25, -0.2) is 9.79 Å². The molecule has 1 fully saturated rings. The summed E-state index contributed by atoms with van der Waals surface area (Å²) < 4.78 is 5.56. The fraction of sp³-hybridized carbons (Fsp3) is 0.667. The van der Waals surface area contributed by atoms with Gasteiger partial charge in [0.1, 0.15) is 13.4 Å². The van der Waals surface area contributed by atoms with Gasteiger partial charge in [-0.1, -0.05) is 25.4 Å². The van der Waals surface area contributed by atoms with Gasteiger partial charge in [0.25, 0.3) is 5.91 Å². The zero-order chi connectivity index (χ0) is 24.8. The quantitative estimate of drug-likeness (QED) is 0.383. The molecule has 178 valence electrons. The third-order valence-corrected chi connectivity index (χ3v) is 7.01. The van der Waals surface area contributed by atoms with Crippen LogP contribution in [0.1, 0.15) is 71.1 Å². The SMILES string of the molecule is [B]c1nc2c(cc1Cl)[C@H](C(C)(C)C(=O)N=CN(C)C)CC21CCN(C(=O)OC(C)(C)C)CC1. The maximum absolute atomic E-state index is 13.1. The van der Waals surface area contributed by atoms with Gasteiger partial charge >= 0.3 is 6.09 Å². The van der Waals surface area contributed by atoms with Crippen LogP contribution in [0.2, 0.25) is 5.02 Å². The van der Waals surface area contributed by atoms with Crippen molar-refractivity contribution < 1.29 is 14.3 Å². The number of halogens is 1. The number of hydrogen-bond donors (Lipinski definition) is 0. The van der Waals surface area contributed by atoms with E-state index in [1.165, 1.54) is 6.34 Å². The number of piperidine rings is 1. The number of aromatic nitrogens is 1. The average molecular weight is 473 g/mol. The Hall–Kier alpha value is -2.09. The van der Waals surface area contributed by atoms with Crippen LogP contribution in [0, 0.1) is 5.41 Å². The van der Waals surface area contributed by atoms with Crippen LogP contribution < -0.4 is 5.59 Å². The smallest absolute Gasteiger partial charge is 0.410 e. The molecule has 0 unspecified atom stereocenters. The van der Waals surface area contributed by atoms with Gasteiger partial charge in [0.05, 0.1) is 16.8 Å². The molecule has 2 aliphatic rings. The van der Waals surface area contributed by atoms with Crippen LogP contribution in [0.4, 0.5) is 4.79 Å². The van der Waals surface area contributed by atoms with Crippen molar-refractivity contribution in [1.82, 2.24) is 14.8 Å². The molecular weight excluding hydrogens is 439 g/mol. The molecule has 9 heteroatoms. The molecule has 1 aromatic heterocycles. The van der Waals surface area contributed by atoms with Crippen LogP contribution in [0.3, 0.4) is 0 Å². The number of carbonyl (C=O) groups excluding carboxylic acids is 2. The fourth-order valence-corrected chi connectivity index (χ4v) is 4.98. The van der Waals surface area contributed by atoms with Crippen LogP contribution in [0.15, 0.2) is 11.1 Å². The minimum atomic E-state index is -0.756. The molecule has 2 heterocycles. The van der Waals surface area contributed by atoms with Crippen molar-refractivity contribution >= 4 is 43.4 Å². The lowest BCUT2D eigenvalue weighted by Gasteiger charge is -2.40. The molecular formula is C24H34BClN4O3. The first-order valence-corrected chi connectivity index (χ1v) is 11.7. The topological polar surface area (TPSA) is 75.1 Å². The summed E-state index contributed by atoms with van der Waals surface area (Å²) in [6, 6.07) is 1.86. The van der Waals surface area contributed by atoms with E-state index in [2.05, 4.69) is 4.99 Å². The highest BCUT2D eigenvalue weighted by Gasteiger charge is 2.53. The lowest BCUT2D eigenvalue weighted by Crippen LogP contribution is -2.47. The summed E-state index contributed by atoms with van der Waals surface area (Å²) in [6.07, 6.45) is 3.39. The molecule has 0 saturated carbocycles. The maximum atomic E-state index is 13.1. The molecule has 3 rings (SSSR count). The number of ether oxygens (including phenoxy) is 1. The number of rotatable bonds is 3. The molecule has 1 spiro atoms. The fourth-order valence-electron chi connectivity index (χ4n) is 4.82. The highest BCUT2D eigenvalue weighted by atomic mass is 35.5. The van der Waals surface area contributed by atoms with Crippen molar-refractivity contribution in [3.05, 3.63) is 22.3 Å². The van der Waals surface area contributed by atoms with E-state index in [-0.39, 0.29) is 23.3 Å². The second-order valence-electron chi connectivity index (χ2n) is 11.0. The number of aliphatic imine (C=N–C) groups is 1. The minimum Gasteiger partial charge on any atom is -0.444 e. The standard InChI is InChI=1S/C24H34BClN4O3/c1-22(2,3)33-21(32)30-10-8-24(9-11-30)13-16(15-12-17(26)19(25)28-18(15)24)23(4,5)20(31)27-14-29(6)7/h12,14,16H,8-11,13H2,1-7H3/t16-/m1/s1. The lowest BCUT2D eigenvalue weighted by atomic mass is 9.70. The number of fused-ring (bicyclic) bond motifs is 2. The molecule has 1 aromatic rings. The van der Waals surface area contributed by atoms with E-state index >= 15 is 0 Å².